The topological polar surface area (TPSA) is 33.7 Å². The van der Waals surface area contributed by atoms with Gasteiger partial charge in [-0.2, -0.15) is 0 Å². The van der Waals surface area contributed by atoms with Crippen LogP contribution in [-0.2, 0) is 9.47 Å². The zero-order valence-electron chi connectivity index (χ0n) is 17.8. The van der Waals surface area contributed by atoms with Crippen LogP contribution in [0.15, 0.2) is 23.7 Å². The number of methoxy groups -OCH3 is 2. The van der Waals surface area contributed by atoms with Gasteiger partial charge in [0.05, 0.1) is 14.2 Å². The fraction of sp³-hybridized carbons (Fsp3) is 0.810. The Balaban J connectivity index is 1.94. The van der Waals surface area contributed by atoms with Gasteiger partial charge in [0.2, 0.25) is 0 Å². The fourth-order valence-corrected chi connectivity index (χ4v) is 9.93. The normalized spacial score (nSPS) is 32.9. The number of fused-ring (bicyclic) bond motifs is 1. The SMILES string of the molecule is COC1=CC2C(C=C1OC)C([Si](C)(C)NC(C)(C)C)CC2N1CCCC1. The van der Waals surface area contributed by atoms with Gasteiger partial charge in [-0.3, -0.25) is 4.90 Å². The van der Waals surface area contributed by atoms with Crippen LogP contribution >= 0.6 is 0 Å². The second-order valence-corrected chi connectivity index (χ2v) is 14.3. The van der Waals surface area contributed by atoms with E-state index in [1.165, 1.54) is 32.4 Å². The standard InChI is InChI=1S/C21H38N2O2Si/c1-21(2,3)22-26(6,7)20-14-17(23-10-8-9-11-23)15-12-18(24-4)19(25-5)13-16(15)20/h12-13,15-17,20,22H,8-11,14H2,1-7H3. The van der Waals surface area contributed by atoms with E-state index in [0.717, 1.165) is 11.5 Å². The van der Waals surface area contributed by atoms with Crippen molar-refractivity contribution in [1.82, 2.24) is 9.88 Å². The van der Waals surface area contributed by atoms with Crippen LogP contribution in [0.25, 0.3) is 0 Å². The molecule has 1 N–H and O–H groups in total. The summed E-state index contributed by atoms with van der Waals surface area (Å²) in [5.41, 5.74) is 0.865. The highest BCUT2D eigenvalue weighted by atomic mass is 28.3. The predicted molar refractivity (Wildman–Crippen MR) is 110 cm³/mol. The second kappa shape index (κ2) is 7.32. The van der Waals surface area contributed by atoms with Crippen LogP contribution in [0.1, 0.15) is 40.0 Å². The molecule has 3 rings (SSSR count). The van der Waals surface area contributed by atoms with Gasteiger partial charge in [0.15, 0.2) is 11.5 Å². The number of hydrogen-bond acceptors (Lipinski definition) is 4. The summed E-state index contributed by atoms with van der Waals surface area (Å²) in [6, 6.07) is 0.640. The zero-order valence-corrected chi connectivity index (χ0v) is 18.8. The lowest BCUT2D eigenvalue weighted by Gasteiger charge is -2.40. The predicted octanol–water partition coefficient (Wildman–Crippen LogP) is 4.12. The molecule has 0 bridgehead atoms. The van der Waals surface area contributed by atoms with Gasteiger partial charge in [0.25, 0.3) is 0 Å². The highest BCUT2D eigenvalue weighted by molar-refractivity contribution is 6.76. The molecular weight excluding hydrogens is 340 g/mol. The summed E-state index contributed by atoms with van der Waals surface area (Å²) in [4.78, 5) is 6.78. The molecule has 4 unspecified atom stereocenters. The summed E-state index contributed by atoms with van der Waals surface area (Å²) in [5, 5.41) is 0. The Morgan fingerprint density at radius 2 is 1.54 bits per heavy atom. The number of hydrogen-bond donors (Lipinski definition) is 1. The average molecular weight is 379 g/mol. The van der Waals surface area contributed by atoms with Crippen LogP contribution in [0.2, 0.25) is 18.6 Å². The molecule has 0 spiro atoms. The fourth-order valence-electron chi connectivity index (χ4n) is 5.70. The van der Waals surface area contributed by atoms with E-state index in [0.29, 0.717) is 23.4 Å². The maximum absolute atomic E-state index is 5.67. The van der Waals surface area contributed by atoms with Gasteiger partial charge in [-0.25, -0.2) is 0 Å². The number of rotatable bonds is 5. The Kier molecular flexibility index (Phi) is 5.62. The molecule has 2 fully saturated rings. The van der Waals surface area contributed by atoms with Crippen molar-refractivity contribution in [3.8, 4) is 0 Å². The molecule has 2 aliphatic carbocycles. The molecular formula is C21H38N2O2Si. The minimum atomic E-state index is -1.63. The minimum Gasteiger partial charge on any atom is -0.493 e. The lowest BCUT2D eigenvalue weighted by molar-refractivity contribution is 0.183. The van der Waals surface area contributed by atoms with Crippen LogP contribution in [-0.4, -0.2) is 52.0 Å². The van der Waals surface area contributed by atoms with E-state index in [-0.39, 0.29) is 5.54 Å². The van der Waals surface area contributed by atoms with E-state index >= 15 is 0 Å². The minimum absolute atomic E-state index is 0.160. The van der Waals surface area contributed by atoms with Crippen molar-refractivity contribution in [2.45, 2.75) is 70.2 Å². The van der Waals surface area contributed by atoms with Crippen molar-refractivity contribution in [2.24, 2.45) is 11.8 Å². The first-order chi connectivity index (χ1) is 12.2. The maximum Gasteiger partial charge on any atom is 0.156 e. The monoisotopic (exact) mass is 378 g/mol. The lowest BCUT2D eigenvalue weighted by Crippen LogP contribution is -2.57. The van der Waals surface area contributed by atoms with Gasteiger partial charge >= 0.3 is 0 Å². The quantitative estimate of drug-likeness (QED) is 0.730. The third kappa shape index (κ3) is 3.90. The van der Waals surface area contributed by atoms with Crippen molar-refractivity contribution in [1.29, 1.82) is 0 Å². The highest BCUT2D eigenvalue weighted by Crippen LogP contribution is 2.52. The largest absolute Gasteiger partial charge is 0.493 e. The first-order valence-electron chi connectivity index (χ1n) is 10.2. The number of likely N-dealkylation sites (tertiary alicyclic amines) is 1. The Bertz CT molecular complexity index is 573. The summed E-state index contributed by atoms with van der Waals surface area (Å²) in [7, 11) is 1.89. The summed E-state index contributed by atoms with van der Waals surface area (Å²) < 4.78 is 11.3. The van der Waals surface area contributed by atoms with Crippen molar-refractivity contribution in [3.05, 3.63) is 23.7 Å². The molecule has 0 aromatic rings. The van der Waals surface area contributed by atoms with Crippen molar-refractivity contribution in [2.75, 3.05) is 27.3 Å². The van der Waals surface area contributed by atoms with Gasteiger partial charge < -0.3 is 14.5 Å². The van der Waals surface area contributed by atoms with Gasteiger partial charge in [-0.1, -0.05) is 13.1 Å². The number of nitrogens with one attached hydrogen (secondary N) is 1. The number of allylic oxidation sites excluding steroid dienone is 1. The molecule has 1 saturated heterocycles. The van der Waals surface area contributed by atoms with Crippen LogP contribution < -0.4 is 4.98 Å². The third-order valence-corrected chi connectivity index (χ3v) is 10.3. The molecule has 3 aliphatic rings. The highest BCUT2D eigenvalue weighted by Gasteiger charge is 2.52. The maximum atomic E-state index is 5.67. The Labute approximate surface area is 161 Å². The Morgan fingerprint density at radius 3 is 2.04 bits per heavy atom. The first kappa shape index (κ1) is 20.0. The van der Waals surface area contributed by atoms with E-state index in [2.05, 4.69) is 55.9 Å². The third-order valence-electron chi connectivity index (χ3n) is 6.45. The molecule has 0 aromatic heterocycles. The summed E-state index contributed by atoms with van der Waals surface area (Å²) in [6.45, 7) is 14.4. The summed E-state index contributed by atoms with van der Waals surface area (Å²) in [5.74, 6) is 2.93. The van der Waals surface area contributed by atoms with E-state index in [4.69, 9.17) is 9.47 Å². The molecule has 0 radical (unpaired) electrons. The van der Waals surface area contributed by atoms with Gasteiger partial charge in [0, 0.05) is 17.5 Å². The molecule has 0 aromatic carbocycles. The Hall–Kier alpha value is -0.783. The second-order valence-electron chi connectivity index (χ2n) is 9.87. The smallest absolute Gasteiger partial charge is 0.156 e. The molecule has 4 atom stereocenters. The molecule has 1 saturated carbocycles. The van der Waals surface area contributed by atoms with Crippen molar-refractivity contribution >= 4 is 8.24 Å². The molecule has 4 nitrogen and oxygen atoms in total. The first-order valence-corrected chi connectivity index (χ1v) is 13.3. The molecule has 148 valence electrons. The number of nitrogens with zero attached hydrogens (tertiary/aromatic N) is 1. The summed E-state index contributed by atoms with van der Waals surface area (Å²) in [6.07, 6.45) is 8.73. The number of ether oxygens (including phenoxy) is 2. The van der Waals surface area contributed by atoms with E-state index in [1.807, 2.05) is 0 Å². The van der Waals surface area contributed by atoms with E-state index < -0.39 is 8.24 Å². The van der Waals surface area contributed by atoms with E-state index in [1.54, 1.807) is 14.2 Å². The molecule has 1 aliphatic heterocycles. The lowest BCUT2D eigenvalue weighted by atomic mass is 9.87. The van der Waals surface area contributed by atoms with Gasteiger partial charge in [-0.05, 0) is 76.7 Å². The van der Waals surface area contributed by atoms with Crippen LogP contribution in [0.5, 0.6) is 0 Å². The Morgan fingerprint density at radius 1 is 1.00 bits per heavy atom. The average Bonchev–Trinajstić information content (AvgIpc) is 3.18. The molecule has 26 heavy (non-hydrogen) atoms. The molecule has 1 heterocycles. The van der Waals surface area contributed by atoms with Gasteiger partial charge in [0.1, 0.15) is 8.24 Å². The summed E-state index contributed by atoms with van der Waals surface area (Å²) >= 11 is 0. The molecule has 0 amide bonds. The van der Waals surface area contributed by atoms with Crippen LogP contribution in [0.3, 0.4) is 0 Å². The van der Waals surface area contributed by atoms with Crippen molar-refractivity contribution in [3.63, 3.8) is 0 Å². The van der Waals surface area contributed by atoms with Crippen LogP contribution in [0, 0.1) is 11.8 Å². The van der Waals surface area contributed by atoms with Crippen molar-refractivity contribution < 1.29 is 9.47 Å². The van der Waals surface area contributed by atoms with E-state index in [9.17, 15) is 0 Å². The van der Waals surface area contributed by atoms with Gasteiger partial charge in [-0.15, -0.1) is 0 Å². The zero-order chi connectivity index (χ0) is 19.1. The van der Waals surface area contributed by atoms with Crippen LogP contribution in [0.4, 0.5) is 0 Å². The molecule has 5 heteroatoms.